The Labute approximate surface area is 185 Å². The van der Waals surface area contributed by atoms with Gasteiger partial charge in [-0.3, -0.25) is 4.99 Å². The summed E-state index contributed by atoms with van der Waals surface area (Å²) < 4.78 is 11.3. The molecule has 1 atom stereocenters. The maximum absolute atomic E-state index is 6.04. The first-order valence-electron chi connectivity index (χ1n) is 9.41. The second kappa shape index (κ2) is 11.4. The minimum absolute atomic E-state index is 0. The molecule has 0 radical (unpaired) electrons. The number of hydrogen-bond acceptors (Lipinski definition) is 3. The lowest BCUT2D eigenvalue weighted by atomic mass is 10.0. The first-order chi connectivity index (χ1) is 13.2. The Hall–Kier alpha value is -1.64. The molecule has 1 unspecified atom stereocenters. The van der Waals surface area contributed by atoms with Gasteiger partial charge in [0.05, 0.1) is 19.8 Å². The van der Waals surface area contributed by atoms with E-state index in [0.717, 1.165) is 25.6 Å². The van der Waals surface area contributed by atoms with Crippen LogP contribution in [0.15, 0.2) is 53.5 Å². The van der Waals surface area contributed by atoms with Crippen LogP contribution in [-0.2, 0) is 22.6 Å². The van der Waals surface area contributed by atoms with Crippen LogP contribution in [0.1, 0.15) is 28.4 Å². The van der Waals surface area contributed by atoms with E-state index in [2.05, 4.69) is 64.6 Å². The van der Waals surface area contributed by atoms with Crippen molar-refractivity contribution in [3.05, 3.63) is 70.8 Å². The van der Waals surface area contributed by atoms with Crippen molar-refractivity contribution in [1.29, 1.82) is 0 Å². The summed E-state index contributed by atoms with van der Waals surface area (Å²) in [6.07, 6.45) is 0.0688. The first kappa shape index (κ1) is 22.6. The minimum atomic E-state index is 0. The van der Waals surface area contributed by atoms with Crippen LogP contribution in [0.3, 0.4) is 0 Å². The van der Waals surface area contributed by atoms with Crippen LogP contribution >= 0.6 is 24.0 Å². The molecule has 1 aliphatic rings. The molecule has 0 saturated carbocycles. The third kappa shape index (κ3) is 5.68. The number of aryl methyl sites for hydroxylation is 1. The molecule has 28 heavy (non-hydrogen) atoms. The second-order valence-corrected chi connectivity index (χ2v) is 6.76. The van der Waals surface area contributed by atoms with Gasteiger partial charge in [-0.2, -0.15) is 0 Å². The van der Waals surface area contributed by atoms with Gasteiger partial charge in [-0.15, -0.1) is 24.0 Å². The van der Waals surface area contributed by atoms with E-state index in [0.29, 0.717) is 13.2 Å². The molecule has 2 aromatic carbocycles. The lowest BCUT2D eigenvalue weighted by Gasteiger charge is -2.35. The van der Waals surface area contributed by atoms with Crippen LogP contribution in [0.2, 0.25) is 0 Å². The molecule has 3 rings (SSSR count). The fourth-order valence-corrected chi connectivity index (χ4v) is 3.51. The number of benzene rings is 2. The SMILES string of the molecule is CN=C(NCc1ccccc1COC)N1CCOC(c2ccccc2C)C1.I. The number of nitrogens with one attached hydrogen (secondary N) is 1. The summed E-state index contributed by atoms with van der Waals surface area (Å²) in [5.74, 6) is 0.907. The predicted octanol–water partition coefficient (Wildman–Crippen LogP) is 3.91. The second-order valence-electron chi connectivity index (χ2n) is 6.76. The molecular weight excluding hydrogens is 465 g/mol. The summed E-state index contributed by atoms with van der Waals surface area (Å²) in [6, 6.07) is 16.8. The Kier molecular flexibility index (Phi) is 9.21. The molecule has 1 N–H and O–H groups in total. The summed E-state index contributed by atoms with van der Waals surface area (Å²) in [4.78, 5) is 6.77. The van der Waals surface area contributed by atoms with Gasteiger partial charge in [-0.05, 0) is 29.2 Å². The van der Waals surface area contributed by atoms with E-state index in [1.807, 2.05) is 13.1 Å². The van der Waals surface area contributed by atoms with E-state index in [1.54, 1.807) is 7.11 Å². The quantitative estimate of drug-likeness (QED) is 0.388. The van der Waals surface area contributed by atoms with E-state index in [9.17, 15) is 0 Å². The number of ether oxygens (including phenoxy) is 2. The number of halogens is 1. The molecule has 0 spiro atoms. The fourth-order valence-electron chi connectivity index (χ4n) is 3.51. The molecule has 1 saturated heterocycles. The third-order valence-corrected chi connectivity index (χ3v) is 4.97. The third-order valence-electron chi connectivity index (χ3n) is 4.97. The van der Waals surface area contributed by atoms with Gasteiger partial charge in [0.15, 0.2) is 5.96 Å². The Bertz CT molecular complexity index is 782. The lowest BCUT2D eigenvalue weighted by Crippen LogP contribution is -2.48. The van der Waals surface area contributed by atoms with Crippen molar-refractivity contribution in [2.24, 2.45) is 4.99 Å². The highest BCUT2D eigenvalue weighted by molar-refractivity contribution is 14.0. The Morgan fingerprint density at radius 3 is 2.61 bits per heavy atom. The molecule has 152 valence electrons. The number of methoxy groups -OCH3 is 1. The summed E-state index contributed by atoms with van der Waals surface area (Å²) in [5.41, 5.74) is 4.94. The molecule has 0 bridgehead atoms. The number of guanidine groups is 1. The van der Waals surface area contributed by atoms with Crippen molar-refractivity contribution >= 4 is 29.9 Å². The maximum atomic E-state index is 6.04. The van der Waals surface area contributed by atoms with Gasteiger partial charge >= 0.3 is 0 Å². The van der Waals surface area contributed by atoms with Crippen molar-refractivity contribution in [2.45, 2.75) is 26.2 Å². The van der Waals surface area contributed by atoms with Gasteiger partial charge in [0.25, 0.3) is 0 Å². The predicted molar refractivity (Wildman–Crippen MR) is 124 cm³/mol. The standard InChI is InChI=1S/C22H29N3O2.HI/c1-17-8-4-7-11-20(17)21-15-25(12-13-27-21)22(23-2)24-14-18-9-5-6-10-19(18)16-26-3;/h4-11,21H,12-16H2,1-3H3,(H,23,24);1H. The van der Waals surface area contributed by atoms with Gasteiger partial charge in [0.1, 0.15) is 6.10 Å². The van der Waals surface area contributed by atoms with Crippen molar-refractivity contribution in [3.8, 4) is 0 Å². The van der Waals surface area contributed by atoms with E-state index in [-0.39, 0.29) is 30.1 Å². The monoisotopic (exact) mass is 495 g/mol. The van der Waals surface area contributed by atoms with Crippen LogP contribution < -0.4 is 5.32 Å². The van der Waals surface area contributed by atoms with Crippen molar-refractivity contribution in [2.75, 3.05) is 33.9 Å². The number of nitrogens with zero attached hydrogens (tertiary/aromatic N) is 2. The Balaban J connectivity index is 0.00000280. The average molecular weight is 495 g/mol. The smallest absolute Gasteiger partial charge is 0.194 e. The van der Waals surface area contributed by atoms with Crippen LogP contribution in [-0.4, -0.2) is 44.7 Å². The number of morpholine rings is 1. The van der Waals surface area contributed by atoms with Crippen molar-refractivity contribution in [1.82, 2.24) is 10.2 Å². The average Bonchev–Trinajstić information content (AvgIpc) is 2.70. The molecule has 2 aromatic rings. The van der Waals surface area contributed by atoms with Gasteiger partial charge in [0, 0.05) is 27.2 Å². The van der Waals surface area contributed by atoms with Crippen molar-refractivity contribution < 1.29 is 9.47 Å². The summed E-state index contributed by atoms with van der Waals surface area (Å²) >= 11 is 0. The molecule has 6 heteroatoms. The number of hydrogen-bond donors (Lipinski definition) is 1. The zero-order chi connectivity index (χ0) is 19.1. The number of rotatable bonds is 5. The minimum Gasteiger partial charge on any atom is -0.380 e. The Morgan fingerprint density at radius 2 is 1.89 bits per heavy atom. The molecule has 1 fully saturated rings. The molecule has 0 aliphatic carbocycles. The van der Waals surface area contributed by atoms with Crippen LogP contribution in [0.5, 0.6) is 0 Å². The largest absolute Gasteiger partial charge is 0.380 e. The summed E-state index contributed by atoms with van der Waals surface area (Å²) in [5, 5.41) is 3.51. The molecule has 1 heterocycles. The van der Waals surface area contributed by atoms with Gasteiger partial charge in [0.2, 0.25) is 0 Å². The van der Waals surface area contributed by atoms with Crippen LogP contribution in [0.4, 0.5) is 0 Å². The fraction of sp³-hybridized carbons (Fsp3) is 0.409. The molecule has 1 aliphatic heterocycles. The lowest BCUT2D eigenvalue weighted by molar-refractivity contribution is -0.00834. The summed E-state index contributed by atoms with van der Waals surface area (Å²) in [7, 11) is 3.56. The maximum Gasteiger partial charge on any atom is 0.194 e. The van der Waals surface area contributed by atoms with Crippen LogP contribution in [0, 0.1) is 6.92 Å². The van der Waals surface area contributed by atoms with Gasteiger partial charge in [-0.25, -0.2) is 0 Å². The zero-order valence-electron chi connectivity index (χ0n) is 16.9. The van der Waals surface area contributed by atoms with Crippen LogP contribution in [0.25, 0.3) is 0 Å². The number of aliphatic imine (C=N–C) groups is 1. The van der Waals surface area contributed by atoms with Gasteiger partial charge < -0.3 is 19.7 Å². The van der Waals surface area contributed by atoms with E-state index >= 15 is 0 Å². The topological polar surface area (TPSA) is 46.1 Å². The van der Waals surface area contributed by atoms with Crippen molar-refractivity contribution in [3.63, 3.8) is 0 Å². The highest BCUT2D eigenvalue weighted by Gasteiger charge is 2.25. The molecule has 0 aromatic heterocycles. The van der Waals surface area contributed by atoms with E-state index < -0.39 is 0 Å². The summed E-state index contributed by atoms with van der Waals surface area (Å²) in [6.45, 7) is 5.80. The molecular formula is C22H30IN3O2. The first-order valence-corrected chi connectivity index (χ1v) is 9.41. The Morgan fingerprint density at radius 1 is 1.18 bits per heavy atom. The highest BCUT2D eigenvalue weighted by atomic mass is 127. The van der Waals surface area contributed by atoms with E-state index in [1.165, 1.54) is 22.3 Å². The van der Waals surface area contributed by atoms with Gasteiger partial charge in [-0.1, -0.05) is 48.5 Å². The molecule has 0 amide bonds. The highest BCUT2D eigenvalue weighted by Crippen LogP contribution is 2.25. The zero-order valence-corrected chi connectivity index (χ0v) is 19.2. The van der Waals surface area contributed by atoms with E-state index in [4.69, 9.17) is 9.47 Å². The molecule has 5 nitrogen and oxygen atoms in total. The normalized spacial score (nSPS) is 17.2.